The minimum Gasteiger partial charge on any atom is -0.299 e. The van der Waals surface area contributed by atoms with Crippen molar-refractivity contribution in [2.45, 2.75) is 19.8 Å². The molecule has 0 unspecified atom stereocenters. The molecule has 0 aliphatic carbocycles. The lowest BCUT2D eigenvalue weighted by atomic mass is 9.94. The first-order chi connectivity index (χ1) is 22.2. The largest absolute Gasteiger partial charge is 0.299 e. The Kier molecular flexibility index (Phi) is 7.85. The van der Waals surface area contributed by atoms with E-state index in [1.165, 1.54) is 43.1 Å². The fraction of sp³-hybridized carbons (Fsp3) is 0.0714. The summed E-state index contributed by atoms with van der Waals surface area (Å²) < 4.78 is 2.28. The van der Waals surface area contributed by atoms with E-state index in [4.69, 9.17) is 4.98 Å². The lowest BCUT2D eigenvalue weighted by Crippen LogP contribution is -2.74. The summed E-state index contributed by atoms with van der Waals surface area (Å²) in [5.74, 6) is 1.30. The van der Waals surface area contributed by atoms with E-state index in [2.05, 4.69) is 188 Å². The molecular weight excluding hydrogens is 561 g/mol. The topological polar surface area (TPSA) is 17.8 Å². The molecule has 0 amide bonds. The smallest absolute Gasteiger partial charge is 0.179 e. The molecular formula is C42H36N2Si. The van der Waals surface area contributed by atoms with Crippen molar-refractivity contribution in [2.24, 2.45) is 0 Å². The maximum Gasteiger partial charge on any atom is 0.179 e. The molecule has 0 bridgehead atoms. The van der Waals surface area contributed by atoms with E-state index in [9.17, 15) is 0 Å². The summed E-state index contributed by atoms with van der Waals surface area (Å²) in [4.78, 5) is 4.94. The SMILES string of the molecule is CC(C)c1cccc(-c2ccccc2)c1-n1ccnc1-c1ccc([Si](c2ccccc2)(c2ccccc2)c2ccccc2)cc1. The number of imidazole rings is 1. The van der Waals surface area contributed by atoms with Crippen molar-refractivity contribution in [2.75, 3.05) is 0 Å². The maximum atomic E-state index is 4.94. The Balaban J connectivity index is 1.41. The first-order valence-corrected chi connectivity index (χ1v) is 17.7. The molecule has 1 aromatic heterocycles. The van der Waals surface area contributed by atoms with Crippen LogP contribution in [0.15, 0.2) is 176 Å². The molecule has 218 valence electrons. The monoisotopic (exact) mass is 596 g/mol. The van der Waals surface area contributed by atoms with Crippen LogP contribution in [0, 0.1) is 0 Å². The standard InChI is InChI=1S/C42H36N2Si/c1-32(2)39-24-15-25-40(33-16-7-3-8-17-33)41(39)44-31-30-43-42(44)34-26-28-38(29-27-34)45(35-18-9-4-10-19-35,36-20-11-5-12-21-36)37-22-13-6-14-23-37/h3-32H,1-2H3. The summed E-state index contributed by atoms with van der Waals surface area (Å²) in [6, 6.07) is 59.7. The summed E-state index contributed by atoms with van der Waals surface area (Å²) in [6.07, 6.45) is 4.03. The lowest BCUT2D eigenvalue weighted by molar-refractivity contribution is 0.848. The number of nitrogens with zero attached hydrogens (tertiary/aromatic N) is 2. The molecule has 7 rings (SSSR count). The van der Waals surface area contributed by atoms with Crippen LogP contribution in [0.25, 0.3) is 28.2 Å². The Labute approximate surface area is 267 Å². The highest BCUT2D eigenvalue weighted by molar-refractivity contribution is 7.19. The molecule has 0 spiro atoms. The molecule has 3 heteroatoms. The van der Waals surface area contributed by atoms with Crippen molar-refractivity contribution in [1.29, 1.82) is 0 Å². The van der Waals surface area contributed by atoms with Gasteiger partial charge in [-0.2, -0.15) is 0 Å². The van der Waals surface area contributed by atoms with Gasteiger partial charge in [0.1, 0.15) is 5.82 Å². The Bertz CT molecular complexity index is 1900. The molecule has 0 aliphatic heterocycles. The van der Waals surface area contributed by atoms with Gasteiger partial charge in [-0.15, -0.1) is 0 Å². The van der Waals surface area contributed by atoms with Gasteiger partial charge in [-0.3, -0.25) is 4.57 Å². The van der Waals surface area contributed by atoms with Crippen LogP contribution in [0.2, 0.25) is 0 Å². The van der Waals surface area contributed by atoms with Crippen molar-refractivity contribution in [1.82, 2.24) is 9.55 Å². The predicted octanol–water partition coefficient (Wildman–Crippen LogP) is 7.71. The van der Waals surface area contributed by atoms with Crippen LogP contribution < -0.4 is 20.7 Å². The number of hydrogen-bond acceptors (Lipinski definition) is 1. The maximum absolute atomic E-state index is 4.94. The zero-order valence-electron chi connectivity index (χ0n) is 25.7. The van der Waals surface area contributed by atoms with Crippen molar-refractivity contribution >= 4 is 28.8 Å². The third kappa shape index (κ3) is 5.15. The predicted molar refractivity (Wildman–Crippen MR) is 192 cm³/mol. The fourth-order valence-corrected chi connectivity index (χ4v) is 11.5. The van der Waals surface area contributed by atoms with Gasteiger partial charge in [0.15, 0.2) is 8.07 Å². The zero-order valence-corrected chi connectivity index (χ0v) is 26.7. The molecule has 2 nitrogen and oxygen atoms in total. The molecule has 0 saturated carbocycles. The first kappa shape index (κ1) is 28.5. The van der Waals surface area contributed by atoms with Crippen molar-refractivity contribution in [3.8, 4) is 28.2 Å². The van der Waals surface area contributed by atoms with Crippen LogP contribution in [0.4, 0.5) is 0 Å². The molecule has 0 radical (unpaired) electrons. The second-order valence-electron chi connectivity index (χ2n) is 11.8. The van der Waals surface area contributed by atoms with Gasteiger partial charge in [0.05, 0.1) is 5.69 Å². The van der Waals surface area contributed by atoms with Gasteiger partial charge in [-0.1, -0.05) is 178 Å². The third-order valence-corrected chi connectivity index (χ3v) is 13.6. The Hall–Kier alpha value is -5.25. The van der Waals surface area contributed by atoms with E-state index in [1.807, 2.05) is 6.20 Å². The average Bonchev–Trinajstić information content (AvgIpc) is 3.60. The molecule has 0 N–H and O–H groups in total. The van der Waals surface area contributed by atoms with Crippen molar-refractivity contribution < 1.29 is 0 Å². The van der Waals surface area contributed by atoms with Gasteiger partial charge in [0.2, 0.25) is 0 Å². The highest BCUT2D eigenvalue weighted by atomic mass is 28.3. The van der Waals surface area contributed by atoms with E-state index in [1.54, 1.807) is 0 Å². The number of para-hydroxylation sites is 1. The molecule has 0 saturated heterocycles. The summed E-state index contributed by atoms with van der Waals surface area (Å²) >= 11 is 0. The average molecular weight is 597 g/mol. The highest BCUT2D eigenvalue weighted by Gasteiger charge is 2.41. The van der Waals surface area contributed by atoms with Crippen LogP contribution >= 0.6 is 0 Å². The van der Waals surface area contributed by atoms with Gasteiger partial charge >= 0.3 is 0 Å². The second-order valence-corrected chi connectivity index (χ2v) is 15.6. The lowest BCUT2D eigenvalue weighted by Gasteiger charge is -2.34. The minimum atomic E-state index is -2.59. The molecule has 0 fully saturated rings. The van der Waals surface area contributed by atoms with Crippen LogP contribution in [-0.4, -0.2) is 17.6 Å². The molecule has 45 heavy (non-hydrogen) atoms. The summed E-state index contributed by atoms with van der Waals surface area (Å²) in [5, 5.41) is 5.46. The van der Waals surface area contributed by atoms with E-state index in [0.29, 0.717) is 5.92 Å². The van der Waals surface area contributed by atoms with Gasteiger partial charge in [0.25, 0.3) is 0 Å². The van der Waals surface area contributed by atoms with Gasteiger partial charge < -0.3 is 0 Å². The van der Waals surface area contributed by atoms with Gasteiger partial charge in [-0.25, -0.2) is 4.98 Å². The van der Waals surface area contributed by atoms with Crippen LogP contribution in [0.3, 0.4) is 0 Å². The van der Waals surface area contributed by atoms with Crippen LogP contribution in [-0.2, 0) is 0 Å². The normalized spacial score (nSPS) is 11.5. The Morgan fingerprint density at radius 2 is 0.978 bits per heavy atom. The number of rotatable bonds is 8. The summed E-state index contributed by atoms with van der Waals surface area (Å²) in [7, 11) is -2.59. The molecule has 0 atom stereocenters. The van der Waals surface area contributed by atoms with Gasteiger partial charge in [-0.05, 0) is 37.8 Å². The molecule has 0 aliphatic rings. The second kappa shape index (κ2) is 12.4. The van der Waals surface area contributed by atoms with E-state index in [-0.39, 0.29) is 0 Å². The van der Waals surface area contributed by atoms with Crippen LogP contribution in [0.5, 0.6) is 0 Å². The highest BCUT2D eigenvalue weighted by Crippen LogP contribution is 2.35. The summed E-state index contributed by atoms with van der Waals surface area (Å²) in [6.45, 7) is 4.53. The van der Waals surface area contributed by atoms with Gasteiger partial charge in [0, 0.05) is 23.5 Å². The minimum absolute atomic E-state index is 0.357. The molecule has 7 aromatic rings. The first-order valence-electron chi connectivity index (χ1n) is 15.7. The molecule has 6 aromatic carbocycles. The fourth-order valence-electron chi connectivity index (χ4n) is 6.78. The third-order valence-electron chi connectivity index (χ3n) is 8.85. The van der Waals surface area contributed by atoms with Crippen molar-refractivity contribution in [3.05, 3.63) is 182 Å². The summed E-state index contributed by atoms with van der Waals surface area (Å²) in [5.41, 5.74) is 6.00. The van der Waals surface area contributed by atoms with Crippen molar-refractivity contribution in [3.63, 3.8) is 0 Å². The van der Waals surface area contributed by atoms with E-state index < -0.39 is 8.07 Å². The molecule has 1 heterocycles. The zero-order chi connectivity index (χ0) is 30.6. The van der Waals surface area contributed by atoms with E-state index in [0.717, 1.165) is 11.4 Å². The Morgan fingerprint density at radius 1 is 0.489 bits per heavy atom. The number of benzene rings is 6. The van der Waals surface area contributed by atoms with Crippen LogP contribution in [0.1, 0.15) is 25.3 Å². The number of aromatic nitrogens is 2. The quantitative estimate of drug-likeness (QED) is 0.130. The van der Waals surface area contributed by atoms with E-state index >= 15 is 0 Å². The number of hydrogen-bond donors (Lipinski definition) is 0. The Morgan fingerprint density at radius 3 is 1.49 bits per heavy atom.